The molecule has 0 fully saturated rings. The molecule has 5 nitrogen and oxygen atoms in total. The summed E-state index contributed by atoms with van der Waals surface area (Å²) < 4.78 is 25.8. The van der Waals surface area contributed by atoms with Gasteiger partial charge in [0.2, 0.25) is 15.9 Å². The Morgan fingerprint density at radius 3 is 2.31 bits per heavy atom. The first-order chi connectivity index (χ1) is 12.0. The van der Waals surface area contributed by atoms with E-state index in [1.165, 1.54) is 19.1 Å². The van der Waals surface area contributed by atoms with E-state index in [0.717, 1.165) is 10.6 Å². The molecule has 0 aliphatic carbocycles. The van der Waals surface area contributed by atoms with Crippen molar-refractivity contribution >= 4 is 62.1 Å². The number of nitrogens with one attached hydrogen (secondary N) is 1. The molecule has 0 aliphatic rings. The first-order valence-electron chi connectivity index (χ1n) is 7.52. The molecule has 26 heavy (non-hydrogen) atoms. The summed E-state index contributed by atoms with van der Waals surface area (Å²) in [5.74, 6) is -0.520. The van der Waals surface area contributed by atoms with Gasteiger partial charge in [0, 0.05) is 10.7 Å². The first kappa shape index (κ1) is 20.8. The SMILES string of the molecule is Cc1ccc(Cl)cc1N([C@@H](C)C(=O)Nc1ccc(Cl)c(Cl)c1)S(C)(=O)=O. The van der Waals surface area contributed by atoms with Crippen LogP contribution in [-0.2, 0) is 14.8 Å². The Balaban J connectivity index is 2.37. The zero-order chi connectivity index (χ0) is 19.6. The van der Waals surface area contributed by atoms with E-state index in [2.05, 4.69) is 5.32 Å². The number of carbonyl (C=O) groups is 1. The number of amides is 1. The summed E-state index contributed by atoms with van der Waals surface area (Å²) in [6, 6.07) is 8.45. The summed E-state index contributed by atoms with van der Waals surface area (Å²) in [7, 11) is -3.74. The molecule has 2 aromatic carbocycles. The van der Waals surface area contributed by atoms with E-state index in [1.807, 2.05) is 0 Å². The lowest BCUT2D eigenvalue weighted by molar-refractivity contribution is -0.116. The molecule has 0 aromatic heterocycles. The molecule has 1 N–H and O–H groups in total. The summed E-state index contributed by atoms with van der Waals surface area (Å²) in [6.45, 7) is 3.24. The smallest absolute Gasteiger partial charge is 0.247 e. The minimum Gasteiger partial charge on any atom is -0.324 e. The predicted molar refractivity (Wildman–Crippen MR) is 108 cm³/mol. The number of hydrogen-bond donors (Lipinski definition) is 1. The average molecular weight is 436 g/mol. The highest BCUT2D eigenvalue weighted by Gasteiger charge is 2.30. The van der Waals surface area contributed by atoms with Gasteiger partial charge in [-0.1, -0.05) is 40.9 Å². The van der Waals surface area contributed by atoms with E-state index in [1.54, 1.807) is 31.2 Å². The van der Waals surface area contributed by atoms with Crippen molar-refractivity contribution in [2.75, 3.05) is 15.9 Å². The van der Waals surface area contributed by atoms with Crippen LogP contribution < -0.4 is 9.62 Å². The standard InChI is InChI=1S/C17H17Cl3N2O3S/c1-10-4-5-12(18)8-16(10)22(26(3,24)25)11(2)17(23)21-13-6-7-14(19)15(20)9-13/h4-9,11H,1-3H3,(H,21,23)/t11-/m0/s1. The largest absolute Gasteiger partial charge is 0.324 e. The Labute approximate surface area is 167 Å². The van der Waals surface area contributed by atoms with Crippen molar-refractivity contribution in [1.29, 1.82) is 0 Å². The fraction of sp³-hybridized carbons (Fsp3) is 0.235. The van der Waals surface area contributed by atoms with Crippen molar-refractivity contribution in [3.63, 3.8) is 0 Å². The molecule has 0 saturated carbocycles. The van der Waals surface area contributed by atoms with Crippen LogP contribution in [0.1, 0.15) is 12.5 Å². The first-order valence-corrected chi connectivity index (χ1v) is 10.5. The third-order valence-corrected chi connectivity index (χ3v) is 5.89. The van der Waals surface area contributed by atoms with Gasteiger partial charge in [0.15, 0.2) is 0 Å². The maximum absolute atomic E-state index is 12.6. The number of sulfonamides is 1. The molecular weight excluding hydrogens is 419 g/mol. The highest BCUT2D eigenvalue weighted by Crippen LogP contribution is 2.29. The highest BCUT2D eigenvalue weighted by atomic mass is 35.5. The van der Waals surface area contributed by atoms with E-state index < -0.39 is 22.0 Å². The third kappa shape index (κ3) is 4.82. The van der Waals surface area contributed by atoms with Crippen LogP contribution in [0.25, 0.3) is 0 Å². The molecule has 0 unspecified atom stereocenters. The maximum Gasteiger partial charge on any atom is 0.247 e. The second kappa shape index (κ2) is 8.05. The Hall–Kier alpha value is -1.47. The monoisotopic (exact) mass is 434 g/mol. The fourth-order valence-corrected chi connectivity index (χ4v) is 4.11. The normalized spacial score (nSPS) is 12.5. The predicted octanol–water partition coefficient (Wildman–Crippen LogP) is 4.75. The summed E-state index contributed by atoms with van der Waals surface area (Å²) in [6.07, 6.45) is 1.04. The molecule has 0 radical (unpaired) electrons. The number of nitrogens with zero attached hydrogens (tertiary/aromatic N) is 1. The number of rotatable bonds is 5. The number of anilines is 2. The van der Waals surface area contributed by atoms with Gasteiger partial charge in [0.1, 0.15) is 6.04 Å². The van der Waals surface area contributed by atoms with Gasteiger partial charge < -0.3 is 5.32 Å². The van der Waals surface area contributed by atoms with Crippen LogP contribution in [0.15, 0.2) is 36.4 Å². The number of benzene rings is 2. The van der Waals surface area contributed by atoms with Gasteiger partial charge in [-0.15, -0.1) is 0 Å². The quantitative estimate of drug-likeness (QED) is 0.737. The van der Waals surface area contributed by atoms with Gasteiger partial charge in [0.05, 0.1) is 22.0 Å². The molecule has 2 rings (SSSR count). The second-order valence-electron chi connectivity index (χ2n) is 5.78. The molecule has 2 aromatic rings. The van der Waals surface area contributed by atoms with Crippen LogP contribution in [0.5, 0.6) is 0 Å². The van der Waals surface area contributed by atoms with Crippen molar-refractivity contribution in [2.24, 2.45) is 0 Å². The number of hydrogen-bond acceptors (Lipinski definition) is 3. The number of halogens is 3. The number of carbonyl (C=O) groups excluding carboxylic acids is 1. The average Bonchev–Trinajstić information content (AvgIpc) is 2.53. The second-order valence-corrected chi connectivity index (χ2v) is 8.89. The van der Waals surface area contributed by atoms with Gasteiger partial charge in [-0.2, -0.15) is 0 Å². The van der Waals surface area contributed by atoms with Crippen molar-refractivity contribution in [1.82, 2.24) is 0 Å². The molecule has 0 aliphatic heterocycles. The van der Waals surface area contributed by atoms with Crippen molar-refractivity contribution in [2.45, 2.75) is 19.9 Å². The Bertz CT molecular complexity index is 948. The zero-order valence-electron chi connectivity index (χ0n) is 14.3. The van der Waals surface area contributed by atoms with E-state index in [0.29, 0.717) is 27.0 Å². The molecule has 140 valence electrons. The maximum atomic E-state index is 12.6. The van der Waals surface area contributed by atoms with Crippen molar-refractivity contribution in [3.05, 3.63) is 57.0 Å². The Kier molecular flexibility index (Phi) is 6.45. The summed E-state index contributed by atoms with van der Waals surface area (Å²) in [4.78, 5) is 12.6. The summed E-state index contributed by atoms with van der Waals surface area (Å²) >= 11 is 17.8. The van der Waals surface area contributed by atoms with Crippen LogP contribution >= 0.6 is 34.8 Å². The van der Waals surface area contributed by atoms with E-state index in [4.69, 9.17) is 34.8 Å². The lowest BCUT2D eigenvalue weighted by Gasteiger charge is -2.29. The van der Waals surface area contributed by atoms with Crippen molar-refractivity contribution < 1.29 is 13.2 Å². The van der Waals surface area contributed by atoms with Gasteiger partial charge in [-0.25, -0.2) is 8.42 Å². The molecule has 1 atom stereocenters. The van der Waals surface area contributed by atoms with Gasteiger partial charge in [0.25, 0.3) is 0 Å². The molecule has 1 amide bonds. The van der Waals surface area contributed by atoms with Crippen LogP contribution in [0, 0.1) is 6.92 Å². The molecular formula is C17H17Cl3N2O3S. The molecule has 9 heteroatoms. The minimum atomic E-state index is -3.74. The number of aryl methyl sites for hydroxylation is 1. The Morgan fingerprint density at radius 1 is 1.08 bits per heavy atom. The highest BCUT2D eigenvalue weighted by molar-refractivity contribution is 7.92. The van der Waals surface area contributed by atoms with Crippen LogP contribution in [-0.4, -0.2) is 26.6 Å². The zero-order valence-corrected chi connectivity index (χ0v) is 17.3. The molecule has 0 heterocycles. The van der Waals surface area contributed by atoms with Crippen LogP contribution in [0.4, 0.5) is 11.4 Å². The van der Waals surface area contributed by atoms with Crippen LogP contribution in [0.3, 0.4) is 0 Å². The summed E-state index contributed by atoms with van der Waals surface area (Å²) in [5.41, 5.74) is 1.43. The van der Waals surface area contributed by atoms with Crippen molar-refractivity contribution in [3.8, 4) is 0 Å². The third-order valence-electron chi connectivity index (χ3n) is 3.68. The summed E-state index contributed by atoms with van der Waals surface area (Å²) in [5, 5.41) is 3.65. The van der Waals surface area contributed by atoms with Gasteiger partial charge in [-0.3, -0.25) is 9.10 Å². The lowest BCUT2D eigenvalue weighted by Crippen LogP contribution is -2.45. The van der Waals surface area contributed by atoms with Gasteiger partial charge in [-0.05, 0) is 49.7 Å². The molecule has 0 saturated heterocycles. The van der Waals surface area contributed by atoms with E-state index in [-0.39, 0.29) is 5.02 Å². The van der Waals surface area contributed by atoms with E-state index in [9.17, 15) is 13.2 Å². The molecule has 0 spiro atoms. The Morgan fingerprint density at radius 2 is 1.73 bits per heavy atom. The minimum absolute atomic E-state index is 0.280. The van der Waals surface area contributed by atoms with Gasteiger partial charge >= 0.3 is 0 Å². The van der Waals surface area contributed by atoms with Crippen LogP contribution in [0.2, 0.25) is 15.1 Å². The fourth-order valence-electron chi connectivity index (χ4n) is 2.42. The topological polar surface area (TPSA) is 66.5 Å². The molecule has 0 bridgehead atoms. The lowest BCUT2D eigenvalue weighted by atomic mass is 10.1. The van der Waals surface area contributed by atoms with E-state index >= 15 is 0 Å².